The van der Waals surface area contributed by atoms with Crippen molar-refractivity contribution in [1.82, 2.24) is 15.1 Å². The first kappa shape index (κ1) is 18.7. The molecule has 0 saturated carbocycles. The predicted octanol–water partition coefficient (Wildman–Crippen LogP) is 1.93. The molecule has 0 radical (unpaired) electrons. The summed E-state index contributed by atoms with van der Waals surface area (Å²) in [7, 11) is 0. The Balaban J connectivity index is 0.00000208. The van der Waals surface area contributed by atoms with Crippen LogP contribution in [0, 0.1) is 0 Å². The Morgan fingerprint density at radius 2 is 1.79 bits per heavy atom. The summed E-state index contributed by atoms with van der Waals surface area (Å²) in [5, 5.41) is 3.32. The van der Waals surface area contributed by atoms with Crippen molar-refractivity contribution in [1.29, 1.82) is 0 Å². The van der Waals surface area contributed by atoms with Crippen LogP contribution in [0.1, 0.15) is 36.5 Å². The van der Waals surface area contributed by atoms with Gasteiger partial charge < -0.3 is 15.1 Å². The number of hydrogen-bond acceptors (Lipinski definition) is 3. The zero-order valence-corrected chi connectivity index (χ0v) is 15.0. The average Bonchev–Trinajstić information content (AvgIpc) is 2.80. The van der Waals surface area contributed by atoms with Crippen LogP contribution in [-0.2, 0) is 4.79 Å². The minimum absolute atomic E-state index is 0. The topological polar surface area (TPSA) is 52.7 Å². The highest BCUT2D eigenvalue weighted by Gasteiger charge is 2.47. The molecule has 1 atom stereocenters. The van der Waals surface area contributed by atoms with Gasteiger partial charge in [0, 0.05) is 31.7 Å². The number of benzene rings is 1. The number of amides is 2. The average molecular weight is 352 g/mol. The van der Waals surface area contributed by atoms with Gasteiger partial charge in [-0.3, -0.25) is 9.59 Å². The van der Waals surface area contributed by atoms with E-state index in [4.69, 9.17) is 0 Å². The first-order valence-electron chi connectivity index (χ1n) is 8.50. The zero-order valence-electron chi connectivity index (χ0n) is 14.2. The van der Waals surface area contributed by atoms with Gasteiger partial charge >= 0.3 is 0 Å². The molecule has 0 bridgehead atoms. The van der Waals surface area contributed by atoms with Crippen LogP contribution in [0.2, 0.25) is 0 Å². The van der Waals surface area contributed by atoms with E-state index in [0.717, 1.165) is 45.4 Å². The number of nitrogens with one attached hydrogen (secondary N) is 1. The molecule has 0 spiro atoms. The van der Waals surface area contributed by atoms with Crippen LogP contribution in [0.3, 0.4) is 0 Å². The first-order chi connectivity index (χ1) is 11.1. The maximum atomic E-state index is 13.1. The van der Waals surface area contributed by atoms with Crippen LogP contribution in [-0.4, -0.2) is 59.9 Å². The van der Waals surface area contributed by atoms with Crippen LogP contribution in [0.5, 0.6) is 0 Å². The van der Waals surface area contributed by atoms with Gasteiger partial charge in [0.15, 0.2) is 0 Å². The second kappa shape index (κ2) is 7.99. The Hall–Kier alpha value is -1.59. The van der Waals surface area contributed by atoms with E-state index in [-0.39, 0.29) is 24.2 Å². The standard InChI is InChI=1S/C18H25N3O2.ClH/c1-18(17(23)20-12-6-10-19-11-14-20)9-5-13-21(18)16(22)15-7-3-2-4-8-15;/h2-4,7-8,19H,5-6,9-14H2,1H3;1H. The molecule has 0 aliphatic carbocycles. The molecule has 2 saturated heterocycles. The minimum Gasteiger partial charge on any atom is -0.339 e. The van der Waals surface area contributed by atoms with E-state index in [1.54, 1.807) is 4.90 Å². The molecular formula is C18H26ClN3O2. The Labute approximate surface area is 149 Å². The molecule has 3 rings (SSSR count). The Morgan fingerprint density at radius 1 is 1.04 bits per heavy atom. The third-order valence-electron chi connectivity index (χ3n) is 4.99. The molecule has 6 heteroatoms. The third-order valence-corrected chi connectivity index (χ3v) is 4.99. The second-order valence-electron chi connectivity index (χ2n) is 6.60. The molecule has 1 unspecified atom stereocenters. The lowest BCUT2D eigenvalue weighted by Crippen LogP contribution is -2.57. The zero-order chi connectivity index (χ0) is 16.3. The molecule has 2 aliphatic rings. The van der Waals surface area contributed by atoms with E-state index < -0.39 is 5.54 Å². The van der Waals surface area contributed by atoms with Crippen molar-refractivity contribution in [2.24, 2.45) is 0 Å². The maximum absolute atomic E-state index is 13.1. The number of rotatable bonds is 2. The molecule has 1 N–H and O–H groups in total. The normalized spacial score (nSPS) is 24.2. The SMILES string of the molecule is CC1(C(=O)N2CCCNCC2)CCCN1C(=O)c1ccccc1.Cl. The molecule has 132 valence electrons. The smallest absolute Gasteiger partial charge is 0.254 e. The van der Waals surface area contributed by atoms with Gasteiger partial charge in [-0.1, -0.05) is 18.2 Å². The predicted molar refractivity (Wildman–Crippen MR) is 96.4 cm³/mol. The minimum atomic E-state index is -0.711. The Kier molecular flexibility index (Phi) is 6.24. The van der Waals surface area contributed by atoms with E-state index >= 15 is 0 Å². The lowest BCUT2D eigenvalue weighted by molar-refractivity contribution is -0.140. The highest BCUT2D eigenvalue weighted by Crippen LogP contribution is 2.32. The van der Waals surface area contributed by atoms with E-state index in [2.05, 4.69) is 5.32 Å². The molecular weight excluding hydrogens is 326 g/mol. The molecule has 2 aliphatic heterocycles. The van der Waals surface area contributed by atoms with E-state index in [0.29, 0.717) is 12.1 Å². The molecule has 5 nitrogen and oxygen atoms in total. The van der Waals surface area contributed by atoms with Crippen LogP contribution >= 0.6 is 12.4 Å². The lowest BCUT2D eigenvalue weighted by atomic mass is 9.95. The highest BCUT2D eigenvalue weighted by molar-refractivity contribution is 5.99. The summed E-state index contributed by atoms with van der Waals surface area (Å²) in [5.41, 5.74) is -0.0528. The van der Waals surface area contributed by atoms with Crippen molar-refractivity contribution in [3.8, 4) is 0 Å². The second-order valence-corrected chi connectivity index (χ2v) is 6.60. The Morgan fingerprint density at radius 3 is 2.54 bits per heavy atom. The number of likely N-dealkylation sites (tertiary alicyclic amines) is 1. The molecule has 2 amide bonds. The van der Waals surface area contributed by atoms with Crippen molar-refractivity contribution in [2.45, 2.75) is 31.7 Å². The fraction of sp³-hybridized carbons (Fsp3) is 0.556. The summed E-state index contributed by atoms with van der Waals surface area (Å²) in [6.45, 7) is 5.86. The van der Waals surface area contributed by atoms with Crippen molar-refractivity contribution >= 4 is 24.2 Å². The van der Waals surface area contributed by atoms with Gasteiger partial charge in [0.05, 0.1) is 0 Å². The molecule has 2 heterocycles. The van der Waals surface area contributed by atoms with Crippen molar-refractivity contribution in [3.05, 3.63) is 35.9 Å². The van der Waals surface area contributed by atoms with Gasteiger partial charge in [-0.05, 0) is 44.9 Å². The number of nitrogens with zero attached hydrogens (tertiary/aromatic N) is 2. The van der Waals surface area contributed by atoms with Gasteiger partial charge in [-0.25, -0.2) is 0 Å². The van der Waals surface area contributed by atoms with Crippen LogP contribution in [0.25, 0.3) is 0 Å². The summed E-state index contributed by atoms with van der Waals surface area (Å²) in [5.74, 6) is 0.0647. The van der Waals surface area contributed by atoms with Crippen molar-refractivity contribution < 1.29 is 9.59 Å². The summed E-state index contributed by atoms with van der Waals surface area (Å²) in [6.07, 6.45) is 2.59. The highest BCUT2D eigenvalue weighted by atomic mass is 35.5. The largest absolute Gasteiger partial charge is 0.339 e. The quantitative estimate of drug-likeness (QED) is 0.885. The first-order valence-corrected chi connectivity index (χ1v) is 8.50. The van der Waals surface area contributed by atoms with Crippen LogP contribution < -0.4 is 5.32 Å². The monoisotopic (exact) mass is 351 g/mol. The molecule has 24 heavy (non-hydrogen) atoms. The number of halogens is 1. The summed E-state index contributed by atoms with van der Waals surface area (Å²) in [6, 6.07) is 9.27. The number of carbonyl (C=O) groups is 2. The Bertz CT molecular complexity index is 573. The summed E-state index contributed by atoms with van der Waals surface area (Å²) >= 11 is 0. The van der Waals surface area contributed by atoms with Crippen LogP contribution in [0.15, 0.2) is 30.3 Å². The van der Waals surface area contributed by atoms with Gasteiger partial charge in [0.25, 0.3) is 5.91 Å². The summed E-state index contributed by atoms with van der Waals surface area (Å²) < 4.78 is 0. The molecule has 2 fully saturated rings. The van der Waals surface area contributed by atoms with Gasteiger partial charge in [-0.2, -0.15) is 0 Å². The number of hydrogen-bond donors (Lipinski definition) is 1. The fourth-order valence-electron chi connectivity index (χ4n) is 3.64. The van der Waals surface area contributed by atoms with E-state index in [9.17, 15) is 9.59 Å². The third kappa shape index (κ3) is 3.57. The fourth-order valence-corrected chi connectivity index (χ4v) is 3.64. The van der Waals surface area contributed by atoms with E-state index in [1.807, 2.05) is 42.2 Å². The van der Waals surface area contributed by atoms with E-state index in [1.165, 1.54) is 0 Å². The molecule has 0 aromatic heterocycles. The number of carbonyl (C=O) groups excluding carboxylic acids is 2. The van der Waals surface area contributed by atoms with Crippen molar-refractivity contribution in [3.63, 3.8) is 0 Å². The van der Waals surface area contributed by atoms with Gasteiger partial charge in [0.1, 0.15) is 5.54 Å². The van der Waals surface area contributed by atoms with Crippen LogP contribution in [0.4, 0.5) is 0 Å². The van der Waals surface area contributed by atoms with Gasteiger partial charge in [0.2, 0.25) is 5.91 Å². The lowest BCUT2D eigenvalue weighted by Gasteiger charge is -2.38. The van der Waals surface area contributed by atoms with Gasteiger partial charge in [-0.15, -0.1) is 12.4 Å². The summed E-state index contributed by atoms with van der Waals surface area (Å²) in [4.78, 5) is 29.7. The maximum Gasteiger partial charge on any atom is 0.254 e. The molecule has 1 aromatic carbocycles. The molecule has 1 aromatic rings. The van der Waals surface area contributed by atoms with Crippen molar-refractivity contribution in [2.75, 3.05) is 32.7 Å².